The zero-order chi connectivity index (χ0) is 9.78. The molecule has 0 fully saturated rings. The monoisotopic (exact) mass is 184 g/mol. The third kappa shape index (κ3) is 3.97. The standard InChI is InChI=1S/C6H7F3O3/c1-2-4(6(7,8)9)12-3-5(10)11/h2,4H,1,3H2,(H,10,11). The lowest BCUT2D eigenvalue weighted by Gasteiger charge is -2.15. The van der Waals surface area contributed by atoms with Crippen LogP contribution < -0.4 is 0 Å². The van der Waals surface area contributed by atoms with Gasteiger partial charge >= 0.3 is 12.1 Å². The van der Waals surface area contributed by atoms with Crippen molar-refractivity contribution < 1.29 is 27.8 Å². The highest BCUT2D eigenvalue weighted by molar-refractivity contribution is 5.68. The lowest BCUT2D eigenvalue weighted by molar-refractivity contribution is -0.206. The van der Waals surface area contributed by atoms with E-state index in [9.17, 15) is 18.0 Å². The number of carboxylic acids is 1. The number of carboxylic acid groups (broad SMARTS) is 1. The van der Waals surface area contributed by atoms with Gasteiger partial charge in [0.1, 0.15) is 6.61 Å². The number of hydrogen-bond acceptors (Lipinski definition) is 2. The van der Waals surface area contributed by atoms with Gasteiger partial charge in [0.25, 0.3) is 0 Å². The maximum atomic E-state index is 11.8. The van der Waals surface area contributed by atoms with Crippen LogP contribution in [0.5, 0.6) is 0 Å². The predicted molar refractivity (Wildman–Crippen MR) is 33.6 cm³/mol. The van der Waals surface area contributed by atoms with Crippen molar-refractivity contribution in [3.05, 3.63) is 12.7 Å². The molecule has 0 aliphatic carbocycles. The number of ether oxygens (including phenoxy) is 1. The Bertz CT molecular complexity index is 175. The van der Waals surface area contributed by atoms with Crippen LogP contribution in [0.25, 0.3) is 0 Å². The predicted octanol–water partition coefficient (Wildman–Crippen LogP) is 1.20. The summed E-state index contributed by atoms with van der Waals surface area (Å²) in [5, 5.41) is 8.00. The molecule has 6 heteroatoms. The van der Waals surface area contributed by atoms with Crippen molar-refractivity contribution in [2.45, 2.75) is 12.3 Å². The zero-order valence-corrected chi connectivity index (χ0v) is 5.97. The molecule has 0 radical (unpaired) electrons. The number of hydrogen-bond donors (Lipinski definition) is 1. The molecule has 0 saturated heterocycles. The van der Waals surface area contributed by atoms with Gasteiger partial charge in [0.05, 0.1) is 0 Å². The first-order chi connectivity index (χ1) is 5.38. The van der Waals surface area contributed by atoms with E-state index < -0.39 is 24.9 Å². The molecule has 70 valence electrons. The summed E-state index contributed by atoms with van der Waals surface area (Å²) in [5.74, 6) is -1.45. The second-order valence-corrected chi connectivity index (χ2v) is 1.90. The third-order valence-corrected chi connectivity index (χ3v) is 0.923. The van der Waals surface area contributed by atoms with E-state index in [0.29, 0.717) is 6.08 Å². The number of halogens is 3. The van der Waals surface area contributed by atoms with Crippen LogP contribution in [0, 0.1) is 0 Å². The molecular weight excluding hydrogens is 177 g/mol. The molecule has 0 aromatic rings. The lowest BCUT2D eigenvalue weighted by atomic mass is 10.3. The van der Waals surface area contributed by atoms with Crippen LogP contribution >= 0.6 is 0 Å². The molecule has 12 heavy (non-hydrogen) atoms. The van der Waals surface area contributed by atoms with Crippen molar-refractivity contribution in [1.82, 2.24) is 0 Å². The fraction of sp³-hybridized carbons (Fsp3) is 0.500. The Morgan fingerprint density at radius 1 is 1.67 bits per heavy atom. The molecule has 0 saturated carbocycles. The molecule has 0 aliphatic rings. The van der Waals surface area contributed by atoms with Crippen molar-refractivity contribution >= 4 is 5.97 Å². The summed E-state index contributed by atoms with van der Waals surface area (Å²) in [6, 6.07) is 0. The summed E-state index contributed by atoms with van der Waals surface area (Å²) >= 11 is 0. The van der Waals surface area contributed by atoms with Crippen LogP contribution in [-0.2, 0) is 9.53 Å². The molecule has 1 atom stereocenters. The van der Waals surface area contributed by atoms with Crippen LogP contribution in [-0.4, -0.2) is 30.0 Å². The van der Waals surface area contributed by atoms with Gasteiger partial charge < -0.3 is 9.84 Å². The lowest BCUT2D eigenvalue weighted by Crippen LogP contribution is -2.31. The van der Waals surface area contributed by atoms with Gasteiger partial charge in [0.15, 0.2) is 6.10 Å². The van der Waals surface area contributed by atoms with E-state index in [1.165, 1.54) is 0 Å². The second-order valence-electron chi connectivity index (χ2n) is 1.90. The van der Waals surface area contributed by atoms with Crippen molar-refractivity contribution in [3.8, 4) is 0 Å². The Morgan fingerprint density at radius 2 is 2.17 bits per heavy atom. The third-order valence-electron chi connectivity index (χ3n) is 0.923. The first kappa shape index (κ1) is 11.0. The Kier molecular flexibility index (Phi) is 3.75. The van der Waals surface area contributed by atoms with Crippen LogP contribution in [0.15, 0.2) is 12.7 Å². The Labute approximate surface area is 66.4 Å². The van der Waals surface area contributed by atoms with Crippen molar-refractivity contribution in [3.63, 3.8) is 0 Å². The molecule has 0 aliphatic heterocycles. The molecule has 0 aromatic carbocycles. The molecule has 3 nitrogen and oxygen atoms in total. The van der Waals surface area contributed by atoms with Gasteiger partial charge in [-0.1, -0.05) is 6.08 Å². The maximum Gasteiger partial charge on any atom is 0.418 e. The van der Waals surface area contributed by atoms with Gasteiger partial charge in [0.2, 0.25) is 0 Å². The van der Waals surface area contributed by atoms with Gasteiger partial charge in [-0.2, -0.15) is 13.2 Å². The minimum Gasteiger partial charge on any atom is -0.480 e. The summed E-state index contributed by atoms with van der Waals surface area (Å²) in [4.78, 5) is 9.82. The smallest absolute Gasteiger partial charge is 0.418 e. The molecular formula is C6H7F3O3. The largest absolute Gasteiger partial charge is 0.480 e. The van der Waals surface area contributed by atoms with Crippen LogP contribution in [0.2, 0.25) is 0 Å². The summed E-state index contributed by atoms with van der Waals surface area (Å²) in [7, 11) is 0. The first-order valence-corrected chi connectivity index (χ1v) is 2.90. The minimum atomic E-state index is -4.60. The van der Waals surface area contributed by atoms with E-state index in [4.69, 9.17) is 5.11 Å². The Balaban J connectivity index is 4.01. The molecule has 0 aromatic heterocycles. The van der Waals surface area contributed by atoms with Crippen LogP contribution in [0.4, 0.5) is 13.2 Å². The average molecular weight is 184 g/mol. The molecule has 0 bridgehead atoms. The highest BCUT2D eigenvalue weighted by Gasteiger charge is 2.38. The molecule has 0 amide bonds. The van der Waals surface area contributed by atoms with Crippen molar-refractivity contribution in [2.75, 3.05) is 6.61 Å². The fourth-order valence-corrected chi connectivity index (χ4v) is 0.457. The summed E-state index contributed by atoms with van der Waals surface area (Å²) in [6.07, 6.45) is -6.31. The van der Waals surface area contributed by atoms with E-state index >= 15 is 0 Å². The molecule has 0 heterocycles. The summed E-state index contributed by atoms with van der Waals surface area (Å²) in [5.41, 5.74) is 0. The number of rotatable bonds is 4. The topological polar surface area (TPSA) is 46.5 Å². The normalized spacial score (nSPS) is 13.9. The highest BCUT2D eigenvalue weighted by atomic mass is 19.4. The van der Waals surface area contributed by atoms with Gasteiger partial charge in [-0.15, -0.1) is 6.58 Å². The number of aliphatic carboxylic acids is 1. The quantitative estimate of drug-likeness (QED) is 0.668. The average Bonchev–Trinajstić information content (AvgIpc) is 1.85. The number of carbonyl (C=O) groups is 1. The van der Waals surface area contributed by atoms with Crippen LogP contribution in [0.3, 0.4) is 0 Å². The molecule has 0 rings (SSSR count). The molecule has 1 unspecified atom stereocenters. The van der Waals surface area contributed by atoms with Crippen molar-refractivity contribution in [2.24, 2.45) is 0 Å². The molecule has 0 spiro atoms. The summed E-state index contributed by atoms with van der Waals surface area (Å²) in [6.45, 7) is 1.88. The van der Waals surface area contributed by atoms with E-state index in [2.05, 4.69) is 11.3 Å². The van der Waals surface area contributed by atoms with E-state index in [1.54, 1.807) is 0 Å². The highest BCUT2D eigenvalue weighted by Crippen LogP contribution is 2.23. The van der Waals surface area contributed by atoms with E-state index in [0.717, 1.165) is 0 Å². The van der Waals surface area contributed by atoms with E-state index in [1.807, 2.05) is 0 Å². The van der Waals surface area contributed by atoms with Crippen molar-refractivity contribution in [1.29, 1.82) is 0 Å². The zero-order valence-electron chi connectivity index (χ0n) is 5.97. The van der Waals surface area contributed by atoms with Gasteiger partial charge in [-0.25, -0.2) is 4.79 Å². The maximum absolute atomic E-state index is 11.8. The number of alkyl halides is 3. The Hall–Kier alpha value is -1.04. The van der Waals surface area contributed by atoms with E-state index in [-0.39, 0.29) is 0 Å². The Morgan fingerprint density at radius 3 is 2.42 bits per heavy atom. The van der Waals surface area contributed by atoms with Gasteiger partial charge in [-0.05, 0) is 0 Å². The van der Waals surface area contributed by atoms with Gasteiger partial charge in [-0.3, -0.25) is 0 Å². The van der Waals surface area contributed by atoms with Gasteiger partial charge in [0, 0.05) is 0 Å². The second kappa shape index (κ2) is 4.10. The van der Waals surface area contributed by atoms with Crippen LogP contribution in [0.1, 0.15) is 0 Å². The first-order valence-electron chi connectivity index (χ1n) is 2.90. The summed E-state index contributed by atoms with van der Waals surface area (Å²) < 4.78 is 39.3. The molecule has 1 N–H and O–H groups in total. The fourth-order valence-electron chi connectivity index (χ4n) is 0.457. The SMILES string of the molecule is C=CC(OCC(=O)O)C(F)(F)F. The minimum absolute atomic E-state index is 0.503.